The molecule has 1 aliphatic heterocycles. The smallest absolute Gasteiger partial charge is 0.237 e. The molecule has 1 saturated heterocycles. The van der Waals surface area contributed by atoms with Crippen molar-refractivity contribution < 1.29 is 4.79 Å². The Labute approximate surface area is 127 Å². The van der Waals surface area contributed by atoms with Gasteiger partial charge >= 0.3 is 0 Å². The van der Waals surface area contributed by atoms with Crippen molar-refractivity contribution in [3.05, 3.63) is 0 Å². The van der Waals surface area contributed by atoms with Crippen molar-refractivity contribution in [2.24, 2.45) is 5.92 Å². The number of nitrogens with one attached hydrogen (secondary N) is 1. The van der Waals surface area contributed by atoms with E-state index in [0.29, 0.717) is 29.3 Å². The zero-order chi connectivity index (χ0) is 14.0. The van der Waals surface area contributed by atoms with Crippen LogP contribution < -0.4 is 5.32 Å². The van der Waals surface area contributed by atoms with E-state index >= 15 is 0 Å². The van der Waals surface area contributed by atoms with Crippen molar-refractivity contribution in [3.8, 4) is 0 Å². The third-order valence-corrected chi connectivity index (χ3v) is 7.02. The second-order valence-corrected chi connectivity index (χ2v) is 8.11. The number of amides is 1. The van der Waals surface area contributed by atoms with Crippen molar-refractivity contribution in [3.63, 3.8) is 0 Å². The van der Waals surface area contributed by atoms with Gasteiger partial charge in [0.2, 0.25) is 5.91 Å². The molecule has 0 spiro atoms. The fourth-order valence-corrected chi connectivity index (χ4v) is 5.34. The molecule has 1 heterocycles. The van der Waals surface area contributed by atoms with Crippen LogP contribution in [0.2, 0.25) is 0 Å². The Bertz CT molecular complexity index is 348. The van der Waals surface area contributed by atoms with Crippen LogP contribution in [0.3, 0.4) is 0 Å². The van der Waals surface area contributed by atoms with Gasteiger partial charge in [0.05, 0.1) is 12.7 Å². The van der Waals surface area contributed by atoms with Crippen molar-refractivity contribution >= 4 is 17.7 Å². The summed E-state index contributed by atoms with van der Waals surface area (Å²) in [6, 6.07) is 0. The number of thioether (sulfide) groups is 1. The molecular formula is C16H28N2OS. The maximum Gasteiger partial charge on any atom is 0.237 e. The van der Waals surface area contributed by atoms with E-state index in [4.69, 9.17) is 0 Å². The van der Waals surface area contributed by atoms with E-state index in [1.54, 1.807) is 0 Å². The molecule has 1 N–H and O–H groups in total. The van der Waals surface area contributed by atoms with Crippen molar-refractivity contribution in [2.45, 2.75) is 68.7 Å². The van der Waals surface area contributed by atoms with Crippen LogP contribution >= 0.6 is 11.8 Å². The number of hydrogen-bond acceptors (Lipinski definition) is 3. The molecule has 3 nitrogen and oxygen atoms in total. The SMILES string of the molecule is CSC1(CN2C(=O)CNC2C2CCCC2)CCCCC1. The lowest BCUT2D eigenvalue weighted by Gasteiger charge is -2.41. The van der Waals surface area contributed by atoms with E-state index in [-0.39, 0.29) is 0 Å². The number of hydrogen-bond donors (Lipinski definition) is 1. The van der Waals surface area contributed by atoms with Crippen LogP contribution in [-0.4, -0.2) is 41.1 Å². The van der Waals surface area contributed by atoms with E-state index in [1.807, 2.05) is 11.8 Å². The summed E-state index contributed by atoms with van der Waals surface area (Å²) < 4.78 is 0.330. The fourth-order valence-electron chi connectivity index (χ4n) is 4.37. The lowest BCUT2D eigenvalue weighted by Crippen LogP contribution is -2.49. The van der Waals surface area contributed by atoms with Crippen molar-refractivity contribution in [1.82, 2.24) is 10.2 Å². The van der Waals surface area contributed by atoms with Crippen LogP contribution in [0.25, 0.3) is 0 Å². The zero-order valence-corrected chi connectivity index (χ0v) is 13.5. The summed E-state index contributed by atoms with van der Waals surface area (Å²) in [5.41, 5.74) is 0. The molecule has 0 aromatic carbocycles. The molecule has 0 radical (unpaired) electrons. The second kappa shape index (κ2) is 6.27. The van der Waals surface area contributed by atoms with Crippen LogP contribution in [0.1, 0.15) is 57.8 Å². The van der Waals surface area contributed by atoms with Gasteiger partial charge < -0.3 is 4.90 Å². The Hall–Kier alpha value is -0.220. The summed E-state index contributed by atoms with van der Waals surface area (Å²) in [5, 5.41) is 3.50. The third-order valence-electron chi connectivity index (χ3n) is 5.62. The van der Waals surface area contributed by atoms with Crippen LogP contribution in [0.4, 0.5) is 0 Å². The summed E-state index contributed by atoms with van der Waals surface area (Å²) in [5.74, 6) is 1.03. The summed E-state index contributed by atoms with van der Waals surface area (Å²) in [4.78, 5) is 14.5. The largest absolute Gasteiger partial charge is 0.324 e. The molecule has 2 saturated carbocycles. The van der Waals surface area contributed by atoms with Gasteiger partial charge in [-0.3, -0.25) is 10.1 Å². The highest BCUT2D eigenvalue weighted by Crippen LogP contribution is 2.41. The molecule has 2 aliphatic carbocycles. The van der Waals surface area contributed by atoms with Gasteiger partial charge in [-0.25, -0.2) is 0 Å². The standard InChI is InChI=1S/C16H28N2OS/c1-20-16(9-5-2-6-10-16)12-18-14(19)11-17-15(18)13-7-3-4-8-13/h13,15,17H,2-12H2,1H3. The summed E-state index contributed by atoms with van der Waals surface area (Å²) in [6.07, 6.45) is 14.5. The Morgan fingerprint density at radius 3 is 2.55 bits per heavy atom. The van der Waals surface area contributed by atoms with E-state index in [9.17, 15) is 4.79 Å². The Balaban J connectivity index is 1.70. The van der Waals surface area contributed by atoms with Gasteiger partial charge in [0.25, 0.3) is 0 Å². The van der Waals surface area contributed by atoms with Gasteiger partial charge in [-0.05, 0) is 37.9 Å². The minimum Gasteiger partial charge on any atom is -0.324 e. The van der Waals surface area contributed by atoms with E-state index in [2.05, 4.69) is 16.5 Å². The lowest BCUT2D eigenvalue weighted by molar-refractivity contribution is -0.129. The maximum atomic E-state index is 12.3. The second-order valence-electron chi connectivity index (χ2n) is 6.84. The predicted octanol–water partition coefficient (Wildman–Crippen LogP) is 3.00. The van der Waals surface area contributed by atoms with Gasteiger partial charge in [0.15, 0.2) is 0 Å². The quantitative estimate of drug-likeness (QED) is 0.865. The predicted molar refractivity (Wildman–Crippen MR) is 84.8 cm³/mol. The average Bonchev–Trinajstić information content (AvgIpc) is 3.11. The number of rotatable bonds is 4. The van der Waals surface area contributed by atoms with Crippen LogP contribution in [-0.2, 0) is 4.79 Å². The van der Waals surface area contributed by atoms with E-state index in [1.165, 1.54) is 57.8 Å². The van der Waals surface area contributed by atoms with Crippen molar-refractivity contribution in [2.75, 3.05) is 19.3 Å². The zero-order valence-electron chi connectivity index (χ0n) is 12.7. The van der Waals surface area contributed by atoms with Gasteiger partial charge in [0, 0.05) is 11.3 Å². The first-order valence-corrected chi connectivity index (χ1v) is 9.55. The maximum absolute atomic E-state index is 12.3. The third kappa shape index (κ3) is 2.87. The molecule has 0 bridgehead atoms. The summed E-state index contributed by atoms with van der Waals surface area (Å²) in [7, 11) is 0. The topological polar surface area (TPSA) is 32.3 Å². The lowest BCUT2D eigenvalue weighted by atomic mass is 9.87. The number of carbonyl (C=O) groups excluding carboxylic acids is 1. The van der Waals surface area contributed by atoms with Gasteiger partial charge in [-0.1, -0.05) is 32.1 Å². The highest BCUT2D eigenvalue weighted by atomic mass is 32.2. The molecule has 0 aromatic rings. The first-order valence-electron chi connectivity index (χ1n) is 8.32. The molecule has 3 aliphatic rings. The monoisotopic (exact) mass is 296 g/mol. The molecule has 20 heavy (non-hydrogen) atoms. The molecule has 4 heteroatoms. The van der Waals surface area contributed by atoms with Gasteiger partial charge in [-0.15, -0.1) is 0 Å². The molecule has 3 fully saturated rings. The van der Waals surface area contributed by atoms with Crippen LogP contribution in [0.15, 0.2) is 0 Å². The first-order chi connectivity index (χ1) is 9.74. The summed E-state index contributed by atoms with van der Waals surface area (Å²) >= 11 is 2.00. The normalized spacial score (nSPS) is 31.1. The van der Waals surface area contributed by atoms with E-state index in [0.717, 1.165) is 6.54 Å². The molecule has 3 rings (SSSR count). The molecule has 1 unspecified atom stereocenters. The minimum atomic E-state index is 0.330. The minimum absolute atomic E-state index is 0.330. The molecule has 114 valence electrons. The summed E-state index contributed by atoms with van der Waals surface area (Å²) in [6.45, 7) is 1.53. The van der Waals surface area contributed by atoms with E-state index < -0.39 is 0 Å². The Morgan fingerprint density at radius 2 is 1.90 bits per heavy atom. The first kappa shape index (κ1) is 14.7. The van der Waals surface area contributed by atoms with Crippen molar-refractivity contribution in [1.29, 1.82) is 0 Å². The number of carbonyl (C=O) groups is 1. The fraction of sp³-hybridized carbons (Fsp3) is 0.938. The van der Waals surface area contributed by atoms with Crippen LogP contribution in [0, 0.1) is 5.92 Å². The number of nitrogens with zero attached hydrogens (tertiary/aromatic N) is 1. The van der Waals surface area contributed by atoms with Gasteiger partial charge in [-0.2, -0.15) is 11.8 Å². The van der Waals surface area contributed by atoms with Gasteiger partial charge in [0.1, 0.15) is 0 Å². The highest BCUT2D eigenvalue weighted by molar-refractivity contribution is 8.00. The average molecular weight is 296 g/mol. The highest BCUT2D eigenvalue weighted by Gasteiger charge is 2.42. The Kier molecular flexibility index (Phi) is 4.61. The molecule has 0 aromatic heterocycles. The van der Waals surface area contributed by atoms with Crippen LogP contribution in [0.5, 0.6) is 0 Å². The molecule has 1 atom stereocenters. The molecule has 1 amide bonds. The molecular weight excluding hydrogens is 268 g/mol. The Morgan fingerprint density at radius 1 is 1.20 bits per heavy atom.